The molecule has 0 atom stereocenters. The average molecular weight is 212 g/mol. The van der Waals surface area contributed by atoms with E-state index in [-0.39, 0.29) is 12.1 Å². The van der Waals surface area contributed by atoms with Crippen molar-refractivity contribution in [3.8, 4) is 0 Å². The molecule has 2 rings (SSSR count). The number of hydrogen-bond donors (Lipinski definition) is 1. The van der Waals surface area contributed by atoms with E-state index in [0.717, 1.165) is 17.4 Å². The van der Waals surface area contributed by atoms with Crippen molar-refractivity contribution >= 4 is 16.5 Å². The van der Waals surface area contributed by atoms with Crippen LogP contribution in [0, 0.1) is 0 Å². The lowest BCUT2D eigenvalue weighted by molar-refractivity contribution is 0.277. The molecule has 78 valence electrons. The third kappa shape index (κ3) is 1.64. The zero-order valence-electron chi connectivity index (χ0n) is 8.66. The lowest BCUT2D eigenvalue weighted by Crippen LogP contribution is -2.38. The van der Waals surface area contributed by atoms with Crippen LogP contribution in [-0.2, 0) is 6.61 Å². The summed E-state index contributed by atoms with van der Waals surface area (Å²) >= 11 is 1.63. The Bertz CT molecular complexity index is 322. The number of aliphatic hydroxyl groups is 1. The minimum Gasteiger partial charge on any atom is -0.390 e. The van der Waals surface area contributed by atoms with Crippen molar-refractivity contribution in [2.24, 2.45) is 0 Å². The van der Waals surface area contributed by atoms with Gasteiger partial charge >= 0.3 is 0 Å². The van der Waals surface area contributed by atoms with E-state index in [0.29, 0.717) is 0 Å². The summed E-state index contributed by atoms with van der Waals surface area (Å²) in [5.41, 5.74) is 1.01. The van der Waals surface area contributed by atoms with Crippen LogP contribution in [0.5, 0.6) is 0 Å². The molecule has 3 nitrogen and oxygen atoms in total. The number of aliphatic hydroxyl groups excluding tert-OH is 1. The van der Waals surface area contributed by atoms with Gasteiger partial charge in [0.1, 0.15) is 0 Å². The van der Waals surface area contributed by atoms with Crippen LogP contribution >= 0.6 is 11.3 Å². The summed E-state index contributed by atoms with van der Waals surface area (Å²) in [7, 11) is 0. The van der Waals surface area contributed by atoms with Gasteiger partial charge < -0.3 is 10.0 Å². The topological polar surface area (TPSA) is 36.4 Å². The normalized spacial score (nSPS) is 20.4. The van der Waals surface area contributed by atoms with Gasteiger partial charge in [-0.25, -0.2) is 4.98 Å². The van der Waals surface area contributed by atoms with Crippen LogP contribution in [0.1, 0.15) is 32.4 Å². The van der Waals surface area contributed by atoms with Crippen LogP contribution in [0.15, 0.2) is 5.38 Å². The first-order valence-corrected chi connectivity index (χ1v) is 5.84. The van der Waals surface area contributed by atoms with Crippen LogP contribution in [0.25, 0.3) is 0 Å². The Kier molecular flexibility index (Phi) is 2.49. The number of rotatable bonds is 2. The highest BCUT2D eigenvalue weighted by Gasteiger charge is 2.33. The minimum atomic E-state index is 0.0464. The maximum absolute atomic E-state index is 8.95. The van der Waals surface area contributed by atoms with E-state index in [4.69, 9.17) is 5.11 Å². The van der Waals surface area contributed by atoms with E-state index in [1.54, 1.807) is 11.3 Å². The third-order valence-corrected chi connectivity index (χ3v) is 3.75. The molecule has 0 amide bonds. The van der Waals surface area contributed by atoms with Crippen molar-refractivity contribution in [1.82, 2.24) is 4.98 Å². The molecule has 14 heavy (non-hydrogen) atoms. The molecule has 2 heterocycles. The van der Waals surface area contributed by atoms with E-state index < -0.39 is 0 Å². The van der Waals surface area contributed by atoms with Gasteiger partial charge in [0.15, 0.2) is 5.13 Å². The van der Waals surface area contributed by atoms with E-state index in [2.05, 4.69) is 23.7 Å². The molecule has 0 radical (unpaired) electrons. The minimum absolute atomic E-state index is 0.0464. The molecule has 1 aromatic heterocycles. The smallest absolute Gasteiger partial charge is 0.186 e. The van der Waals surface area contributed by atoms with E-state index in [9.17, 15) is 0 Å². The summed E-state index contributed by atoms with van der Waals surface area (Å²) in [6, 6.07) is 0. The molecule has 1 aromatic rings. The SMILES string of the molecule is CC1(C)CCCN1c1nc(CO)cs1. The Labute approximate surface area is 88.4 Å². The van der Waals surface area contributed by atoms with Crippen LogP contribution in [-0.4, -0.2) is 22.2 Å². The Hall–Kier alpha value is -0.610. The van der Waals surface area contributed by atoms with Crippen molar-refractivity contribution in [3.05, 3.63) is 11.1 Å². The van der Waals surface area contributed by atoms with Gasteiger partial charge in [-0.15, -0.1) is 11.3 Å². The van der Waals surface area contributed by atoms with Gasteiger partial charge in [-0.05, 0) is 26.7 Å². The monoisotopic (exact) mass is 212 g/mol. The predicted molar refractivity (Wildman–Crippen MR) is 58.7 cm³/mol. The zero-order chi connectivity index (χ0) is 10.2. The molecule has 4 heteroatoms. The number of thiazole rings is 1. The first-order chi connectivity index (χ1) is 6.63. The van der Waals surface area contributed by atoms with E-state index in [1.807, 2.05) is 5.38 Å². The fourth-order valence-corrected chi connectivity index (χ4v) is 2.96. The quantitative estimate of drug-likeness (QED) is 0.814. The Balaban J connectivity index is 2.22. The highest BCUT2D eigenvalue weighted by molar-refractivity contribution is 7.13. The summed E-state index contributed by atoms with van der Waals surface area (Å²) in [5, 5.41) is 11.9. The fraction of sp³-hybridized carbons (Fsp3) is 0.700. The highest BCUT2D eigenvalue weighted by atomic mass is 32.1. The third-order valence-electron chi connectivity index (χ3n) is 2.83. The second-order valence-corrected chi connectivity index (χ2v) is 5.18. The van der Waals surface area contributed by atoms with Crippen LogP contribution in [0.3, 0.4) is 0 Å². The molecule has 1 aliphatic rings. The Morgan fingerprint density at radius 2 is 2.43 bits per heavy atom. The van der Waals surface area contributed by atoms with Crippen LogP contribution < -0.4 is 4.90 Å². The lowest BCUT2D eigenvalue weighted by atomic mass is 10.0. The molecule has 0 unspecified atom stereocenters. The molecule has 0 bridgehead atoms. The molecular weight excluding hydrogens is 196 g/mol. The maximum atomic E-state index is 8.95. The standard InChI is InChI=1S/C10H16N2OS/c1-10(2)4-3-5-12(10)9-11-8(6-13)7-14-9/h7,13H,3-6H2,1-2H3. The number of aromatic nitrogens is 1. The number of hydrogen-bond acceptors (Lipinski definition) is 4. The van der Waals surface area contributed by atoms with Crippen molar-refractivity contribution in [2.75, 3.05) is 11.4 Å². The van der Waals surface area contributed by atoms with Crippen molar-refractivity contribution in [2.45, 2.75) is 38.8 Å². The molecule has 1 N–H and O–H groups in total. The lowest BCUT2D eigenvalue weighted by Gasteiger charge is -2.31. The van der Waals surface area contributed by atoms with E-state index >= 15 is 0 Å². The Morgan fingerprint density at radius 1 is 1.64 bits per heavy atom. The molecular formula is C10H16N2OS. The maximum Gasteiger partial charge on any atom is 0.186 e. The molecule has 1 fully saturated rings. The molecule has 1 saturated heterocycles. The van der Waals surface area contributed by atoms with Crippen molar-refractivity contribution < 1.29 is 5.11 Å². The Morgan fingerprint density at radius 3 is 2.93 bits per heavy atom. The number of anilines is 1. The van der Waals surface area contributed by atoms with Gasteiger partial charge in [-0.2, -0.15) is 0 Å². The van der Waals surface area contributed by atoms with Crippen molar-refractivity contribution in [3.63, 3.8) is 0 Å². The first-order valence-electron chi connectivity index (χ1n) is 4.96. The molecule has 0 aliphatic carbocycles. The summed E-state index contributed by atoms with van der Waals surface area (Å²) < 4.78 is 0. The van der Waals surface area contributed by atoms with Crippen LogP contribution in [0.2, 0.25) is 0 Å². The highest BCUT2D eigenvalue weighted by Crippen LogP contribution is 2.35. The molecule has 0 spiro atoms. The molecule has 1 aliphatic heterocycles. The van der Waals surface area contributed by atoms with Gasteiger partial charge in [0.25, 0.3) is 0 Å². The number of nitrogens with zero attached hydrogens (tertiary/aromatic N) is 2. The second-order valence-electron chi connectivity index (χ2n) is 4.35. The van der Waals surface area contributed by atoms with E-state index in [1.165, 1.54) is 12.8 Å². The summed E-state index contributed by atoms with van der Waals surface area (Å²) in [4.78, 5) is 6.74. The predicted octanol–water partition coefficient (Wildman–Crippen LogP) is 2.01. The van der Waals surface area contributed by atoms with Gasteiger partial charge in [0.05, 0.1) is 12.3 Å². The van der Waals surface area contributed by atoms with Gasteiger partial charge in [-0.3, -0.25) is 0 Å². The van der Waals surface area contributed by atoms with Crippen molar-refractivity contribution in [1.29, 1.82) is 0 Å². The largest absolute Gasteiger partial charge is 0.390 e. The second kappa shape index (κ2) is 3.51. The summed E-state index contributed by atoms with van der Waals surface area (Å²) in [6.07, 6.45) is 2.46. The average Bonchev–Trinajstić information content (AvgIpc) is 2.70. The van der Waals surface area contributed by atoms with Gasteiger partial charge in [0, 0.05) is 17.5 Å². The molecule has 0 aromatic carbocycles. The summed E-state index contributed by atoms with van der Waals surface area (Å²) in [5.74, 6) is 0. The molecule has 0 saturated carbocycles. The zero-order valence-corrected chi connectivity index (χ0v) is 9.47. The summed E-state index contributed by atoms with van der Waals surface area (Å²) in [6.45, 7) is 5.64. The van der Waals surface area contributed by atoms with Gasteiger partial charge in [-0.1, -0.05) is 0 Å². The first kappa shape index (κ1) is 9.93. The van der Waals surface area contributed by atoms with Gasteiger partial charge in [0.2, 0.25) is 0 Å². The van der Waals surface area contributed by atoms with Crippen LogP contribution in [0.4, 0.5) is 5.13 Å². The fourth-order valence-electron chi connectivity index (χ4n) is 1.95.